The van der Waals surface area contributed by atoms with Crippen LogP contribution < -0.4 is 10.1 Å². The van der Waals surface area contributed by atoms with E-state index in [2.05, 4.69) is 24.1 Å². The molecule has 2 aromatic rings. The van der Waals surface area contributed by atoms with E-state index in [4.69, 9.17) is 16.3 Å². The number of ether oxygens (including phenoxy) is 1. The van der Waals surface area contributed by atoms with Crippen molar-refractivity contribution in [2.24, 2.45) is 5.92 Å². The molecule has 1 unspecified atom stereocenters. The van der Waals surface area contributed by atoms with E-state index in [9.17, 15) is 4.79 Å². The van der Waals surface area contributed by atoms with Gasteiger partial charge in [0.2, 0.25) is 0 Å². The molecule has 23 heavy (non-hydrogen) atoms. The third-order valence-electron chi connectivity index (χ3n) is 3.49. The molecule has 1 heterocycles. The number of anilines is 1. The number of aromatic nitrogens is 1. The molecule has 0 spiro atoms. The molecule has 124 valence electrons. The van der Waals surface area contributed by atoms with Gasteiger partial charge in [-0.15, -0.1) is 11.3 Å². The van der Waals surface area contributed by atoms with Gasteiger partial charge in [-0.1, -0.05) is 25.4 Å². The van der Waals surface area contributed by atoms with Crippen LogP contribution in [-0.2, 0) is 4.79 Å². The van der Waals surface area contributed by atoms with Gasteiger partial charge < -0.3 is 4.74 Å². The first kappa shape index (κ1) is 17.8. The van der Waals surface area contributed by atoms with E-state index in [1.54, 1.807) is 30.5 Å². The highest BCUT2D eigenvalue weighted by Gasteiger charge is 2.36. The van der Waals surface area contributed by atoms with Gasteiger partial charge in [0.1, 0.15) is 5.75 Å². The number of nitrogens with zero attached hydrogens (tertiary/aromatic N) is 1. The molecule has 0 saturated carbocycles. The summed E-state index contributed by atoms with van der Waals surface area (Å²) >= 11 is 7.29. The Balaban J connectivity index is 2.16. The van der Waals surface area contributed by atoms with Crippen molar-refractivity contribution in [1.82, 2.24) is 4.98 Å². The van der Waals surface area contributed by atoms with Crippen LogP contribution in [0.5, 0.6) is 5.75 Å². The van der Waals surface area contributed by atoms with Gasteiger partial charge in [-0.3, -0.25) is 10.1 Å². The van der Waals surface area contributed by atoms with Crippen LogP contribution in [-0.4, -0.2) is 16.5 Å². The van der Waals surface area contributed by atoms with Gasteiger partial charge in [0.25, 0.3) is 5.91 Å². The first-order valence-corrected chi connectivity index (χ1v) is 8.80. The molecule has 0 aliphatic rings. The molecule has 1 amide bonds. The maximum Gasteiger partial charge on any atom is 0.270 e. The third kappa shape index (κ3) is 5.22. The number of carbonyl (C=O) groups excluding carboxylic acids is 1. The normalized spacial score (nSPS) is 13.6. The van der Waals surface area contributed by atoms with E-state index >= 15 is 0 Å². The molecular formula is C17H21ClN2O2S. The SMILES string of the molecule is CC(C)CCC(C)(Oc1ccc(Cl)cc1)C(=O)Nc1nccs1. The second-order valence-corrected chi connectivity index (χ2v) is 7.34. The average Bonchev–Trinajstić information content (AvgIpc) is 3.00. The molecule has 0 radical (unpaired) electrons. The predicted octanol–water partition coefficient (Wildman–Crippen LogP) is 5.01. The fraction of sp³-hybridized carbons (Fsp3) is 0.412. The summed E-state index contributed by atoms with van der Waals surface area (Å²) in [5.74, 6) is 0.911. The number of amides is 1. The second kappa shape index (κ2) is 7.79. The summed E-state index contributed by atoms with van der Waals surface area (Å²) in [6, 6.07) is 7.04. The van der Waals surface area contributed by atoms with Crippen molar-refractivity contribution in [2.45, 2.75) is 39.2 Å². The van der Waals surface area contributed by atoms with Crippen LogP contribution in [0, 0.1) is 5.92 Å². The lowest BCUT2D eigenvalue weighted by Gasteiger charge is -2.30. The maximum absolute atomic E-state index is 12.7. The predicted molar refractivity (Wildman–Crippen MR) is 95.3 cm³/mol. The Hall–Kier alpha value is -1.59. The maximum atomic E-state index is 12.7. The van der Waals surface area contributed by atoms with Crippen molar-refractivity contribution in [2.75, 3.05) is 5.32 Å². The smallest absolute Gasteiger partial charge is 0.270 e. The molecule has 0 aliphatic carbocycles. The van der Waals surface area contributed by atoms with E-state index in [-0.39, 0.29) is 5.91 Å². The van der Waals surface area contributed by atoms with E-state index in [0.29, 0.717) is 28.2 Å². The molecule has 2 rings (SSSR count). The summed E-state index contributed by atoms with van der Waals surface area (Å²) in [6.45, 7) is 6.07. The van der Waals surface area contributed by atoms with E-state index in [1.165, 1.54) is 11.3 Å². The molecule has 1 aromatic carbocycles. The molecule has 0 aliphatic heterocycles. The van der Waals surface area contributed by atoms with Crippen LogP contribution in [0.25, 0.3) is 0 Å². The van der Waals surface area contributed by atoms with Crippen molar-refractivity contribution >= 4 is 34.0 Å². The minimum atomic E-state index is -0.968. The molecule has 0 saturated heterocycles. The Bertz CT molecular complexity index is 629. The van der Waals surface area contributed by atoms with Crippen LogP contribution >= 0.6 is 22.9 Å². The summed E-state index contributed by atoms with van der Waals surface area (Å²) in [7, 11) is 0. The van der Waals surface area contributed by atoms with Crippen LogP contribution in [0.2, 0.25) is 5.02 Å². The van der Waals surface area contributed by atoms with Crippen molar-refractivity contribution in [3.05, 3.63) is 40.9 Å². The van der Waals surface area contributed by atoms with E-state index in [0.717, 1.165) is 6.42 Å². The highest BCUT2D eigenvalue weighted by atomic mass is 35.5. The quantitative estimate of drug-likeness (QED) is 0.762. The number of rotatable bonds is 7. The number of benzene rings is 1. The lowest BCUT2D eigenvalue weighted by Crippen LogP contribution is -2.45. The molecule has 6 heteroatoms. The third-order valence-corrected chi connectivity index (χ3v) is 4.43. The average molecular weight is 353 g/mol. The standard InChI is InChI=1S/C17H21ClN2O2S/c1-12(2)8-9-17(3,15(21)20-16-19-10-11-23-16)22-14-6-4-13(18)5-7-14/h4-7,10-12H,8-9H2,1-3H3,(H,19,20,21). The van der Waals surface area contributed by atoms with Gasteiger partial charge in [-0.05, 0) is 49.9 Å². The first-order chi connectivity index (χ1) is 10.9. The lowest BCUT2D eigenvalue weighted by atomic mass is 9.94. The zero-order valence-corrected chi connectivity index (χ0v) is 15.1. The van der Waals surface area contributed by atoms with E-state index < -0.39 is 5.60 Å². The number of thiazole rings is 1. The van der Waals surface area contributed by atoms with Crippen LogP contribution in [0.1, 0.15) is 33.6 Å². The Morgan fingerprint density at radius 2 is 2.09 bits per heavy atom. The van der Waals surface area contributed by atoms with Crippen LogP contribution in [0.15, 0.2) is 35.8 Å². The zero-order chi connectivity index (χ0) is 16.9. The highest BCUT2D eigenvalue weighted by molar-refractivity contribution is 7.13. The summed E-state index contributed by atoms with van der Waals surface area (Å²) < 4.78 is 6.02. The Morgan fingerprint density at radius 1 is 1.39 bits per heavy atom. The van der Waals surface area contributed by atoms with E-state index in [1.807, 2.05) is 12.3 Å². The largest absolute Gasteiger partial charge is 0.478 e. The van der Waals surface area contributed by atoms with Crippen LogP contribution in [0.4, 0.5) is 5.13 Å². The van der Waals surface area contributed by atoms with Gasteiger partial charge >= 0.3 is 0 Å². The summed E-state index contributed by atoms with van der Waals surface area (Å²) in [6.07, 6.45) is 3.16. The number of nitrogens with one attached hydrogen (secondary N) is 1. The highest BCUT2D eigenvalue weighted by Crippen LogP contribution is 2.27. The van der Waals surface area contributed by atoms with Crippen molar-refractivity contribution in [3.63, 3.8) is 0 Å². The number of hydrogen-bond acceptors (Lipinski definition) is 4. The van der Waals surface area contributed by atoms with Crippen molar-refractivity contribution < 1.29 is 9.53 Å². The van der Waals surface area contributed by atoms with Crippen LogP contribution in [0.3, 0.4) is 0 Å². The van der Waals surface area contributed by atoms with Gasteiger partial charge in [-0.25, -0.2) is 4.98 Å². The first-order valence-electron chi connectivity index (χ1n) is 7.54. The summed E-state index contributed by atoms with van der Waals surface area (Å²) in [5, 5.41) is 5.86. The number of carbonyl (C=O) groups is 1. The van der Waals surface area contributed by atoms with Gasteiger partial charge in [-0.2, -0.15) is 0 Å². The minimum Gasteiger partial charge on any atom is -0.478 e. The Kier molecular flexibility index (Phi) is 6.02. The molecule has 1 N–H and O–H groups in total. The van der Waals surface area contributed by atoms with Gasteiger partial charge in [0.15, 0.2) is 10.7 Å². The molecule has 4 nitrogen and oxygen atoms in total. The summed E-state index contributed by atoms with van der Waals surface area (Å²) in [5.41, 5.74) is -0.968. The molecule has 1 atom stereocenters. The lowest BCUT2D eigenvalue weighted by molar-refractivity contribution is -0.130. The number of halogens is 1. The topological polar surface area (TPSA) is 51.2 Å². The molecular weight excluding hydrogens is 332 g/mol. The molecule has 0 bridgehead atoms. The monoisotopic (exact) mass is 352 g/mol. The fourth-order valence-electron chi connectivity index (χ4n) is 2.05. The fourth-order valence-corrected chi connectivity index (χ4v) is 2.70. The zero-order valence-electron chi connectivity index (χ0n) is 13.5. The Labute approximate surface area is 145 Å². The summed E-state index contributed by atoms with van der Waals surface area (Å²) in [4.78, 5) is 16.8. The van der Waals surface area contributed by atoms with Crippen molar-refractivity contribution in [3.8, 4) is 5.75 Å². The van der Waals surface area contributed by atoms with Crippen molar-refractivity contribution in [1.29, 1.82) is 0 Å². The second-order valence-electron chi connectivity index (χ2n) is 6.01. The van der Waals surface area contributed by atoms with Gasteiger partial charge in [0, 0.05) is 16.6 Å². The Morgan fingerprint density at radius 3 is 2.65 bits per heavy atom. The molecule has 0 fully saturated rings. The molecule has 1 aromatic heterocycles. The van der Waals surface area contributed by atoms with Gasteiger partial charge in [0.05, 0.1) is 0 Å². The number of hydrogen-bond donors (Lipinski definition) is 1. The minimum absolute atomic E-state index is 0.192.